The van der Waals surface area contributed by atoms with Crippen molar-refractivity contribution in [1.29, 1.82) is 5.26 Å². The summed E-state index contributed by atoms with van der Waals surface area (Å²) in [5.74, 6) is 0. The average Bonchev–Trinajstić information content (AvgIpc) is 2.52. The molecule has 0 aliphatic heterocycles. The number of rotatable bonds is 2. The van der Waals surface area contributed by atoms with Gasteiger partial charge in [-0.25, -0.2) is 0 Å². The molecule has 0 fully saturated rings. The van der Waals surface area contributed by atoms with Gasteiger partial charge in [0.05, 0.1) is 11.6 Å². The fraction of sp³-hybridized carbons (Fsp3) is 0.0556. The molecule has 0 aliphatic carbocycles. The number of nitrogens with one attached hydrogen (secondary N) is 1. The molecule has 0 unspecified atom stereocenters. The van der Waals surface area contributed by atoms with E-state index in [2.05, 4.69) is 34.2 Å². The second kappa shape index (κ2) is 5.59. The summed E-state index contributed by atoms with van der Waals surface area (Å²) in [4.78, 5) is 0. The van der Waals surface area contributed by atoms with E-state index < -0.39 is 0 Å². The molecule has 0 atom stereocenters. The van der Waals surface area contributed by atoms with Crippen LogP contribution in [0.5, 0.6) is 0 Å². The van der Waals surface area contributed by atoms with Gasteiger partial charge in [-0.1, -0.05) is 46.3 Å². The highest BCUT2D eigenvalue weighted by Crippen LogP contribution is 2.31. The maximum absolute atomic E-state index is 9.22. The molecule has 0 amide bonds. The van der Waals surface area contributed by atoms with Crippen molar-refractivity contribution >= 4 is 38.1 Å². The number of hydrogen-bond donors (Lipinski definition) is 1. The maximum atomic E-state index is 9.22. The van der Waals surface area contributed by atoms with Crippen LogP contribution in [0.3, 0.4) is 0 Å². The van der Waals surface area contributed by atoms with Crippen molar-refractivity contribution in [2.24, 2.45) is 0 Å². The van der Waals surface area contributed by atoms with Gasteiger partial charge in [0.1, 0.15) is 0 Å². The van der Waals surface area contributed by atoms with Gasteiger partial charge in [-0.3, -0.25) is 0 Å². The van der Waals surface area contributed by atoms with Gasteiger partial charge in [0, 0.05) is 26.6 Å². The van der Waals surface area contributed by atoms with E-state index in [0.717, 1.165) is 32.2 Å². The smallest absolute Gasteiger partial charge is 0.0998 e. The van der Waals surface area contributed by atoms with Crippen LogP contribution >= 0.6 is 15.9 Å². The molecule has 0 aliphatic rings. The molecule has 3 aromatic rings. The average molecular weight is 337 g/mol. The molecule has 2 nitrogen and oxygen atoms in total. The Bertz CT molecular complexity index is 863. The molecular weight excluding hydrogens is 324 g/mol. The normalized spacial score (nSPS) is 10.3. The van der Waals surface area contributed by atoms with Gasteiger partial charge in [0.15, 0.2) is 0 Å². The minimum Gasteiger partial charge on any atom is -0.355 e. The minimum atomic E-state index is 0.696. The molecule has 0 radical (unpaired) electrons. The number of nitrogens with zero attached hydrogens (tertiary/aromatic N) is 1. The summed E-state index contributed by atoms with van der Waals surface area (Å²) in [6.45, 7) is 2.07. The van der Waals surface area contributed by atoms with E-state index in [1.165, 1.54) is 0 Å². The summed E-state index contributed by atoms with van der Waals surface area (Å²) in [5, 5.41) is 14.7. The van der Waals surface area contributed by atoms with Crippen molar-refractivity contribution in [3.05, 3.63) is 70.2 Å². The monoisotopic (exact) mass is 336 g/mol. The van der Waals surface area contributed by atoms with Crippen LogP contribution in [0.25, 0.3) is 10.8 Å². The van der Waals surface area contributed by atoms with E-state index in [4.69, 9.17) is 0 Å². The summed E-state index contributed by atoms with van der Waals surface area (Å²) >= 11 is 3.55. The Morgan fingerprint density at radius 1 is 0.905 bits per heavy atom. The van der Waals surface area contributed by atoms with Gasteiger partial charge in [0.2, 0.25) is 0 Å². The minimum absolute atomic E-state index is 0.696. The number of benzene rings is 3. The summed E-state index contributed by atoms with van der Waals surface area (Å²) in [6.07, 6.45) is 0. The van der Waals surface area contributed by atoms with Gasteiger partial charge in [0.25, 0.3) is 0 Å². The molecule has 102 valence electrons. The lowest BCUT2D eigenvalue weighted by atomic mass is 10.0. The Labute approximate surface area is 132 Å². The Hall–Kier alpha value is -2.31. The number of fused-ring (bicyclic) bond motifs is 1. The van der Waals surface area contributed by atoms with Crippen LogP contribution in [0.4, 0.5) is 11.4 Å². The third-order valence-corrected chi connectivity index (χ3v) is 4.44. The molecule has 1 N–H and O–H groups in total. The van der Waals surface area contributed by atoms with Crippen molar-refractivity contribution in [1.82, 2.24) is 0 Å². The number of hydrogen-bond acceptors (Lipinski definition) is 2. The van der Waals surface area contributed by atoms with Crippen LogP contribution in [0.2, 0.25) is 0 Å². The second-order valence-corrected chi connectivity index (χ2v) is 5.71. The van der Waals surface area contributed by atoms with Gasteiger partial charge in [-0.2, -0.15) is 5.26 Å². The van der Waals surface area contributed by atoms with Gasteiger partial charge >= 0.3 is 0 Å². The van der Waals surface area contributed by atoms with Crippen LogP contribution in [0.15, 0.2) is 59.1 Å². The topological polar surface area (TPSA) is 35.8 Å². The highest BCUT2D eigenvalue weighted by molar-refractivity contribution is 9.10. The first kappa shape index (κ1) is 13.7. The van der Waals surface area contributed by atoms with E-state index >= 15 is 0 Å². The van der Waals surface area contributed by atoms with Gasteiger partial charge < -0.3 is 5.32 Å². The van der Waals surface area contributed by atoms with E-state index in [1.54, 1.807) is 0 Å². The fourth-order valence-electron chi connectivity index (χ4n) is 2.39. The molecule has 0 saturated heterocycles. The summed E-state index contributed by atoms with van der Waals surface area (Å²) in [7, 11) is 0. The number of anilines is 2. The van der Waals surface area contributed by atoms with Crippen LogP contribution in [-0.4, -0.2) is 0 Å². The predicted molar refractivity (Wildman–Crippen MR) is 90.8 cm³/mol. The zero-order valence-electron chi connectivity index (χ0n) is 11.5. The lowest BCUT2D eigenvalue weighted by Crippen LogP contribution is -1.95. The Kier molecular flexibility index (Phi) is 3.64. The largest absolute Gasteiger partial charge is 0.355 e. The molecule has 3 heteroatoms. The zero-order chi connectivity index (χ0) is 14.8. The quantitative estimate of drug-likeness (QED) is 0.668. The first-order valence-electron chi connectivity index (χ1n) is 6.64. The molecule has 0 spiro atoms. The highest BCUT2D eigenvalue weighted by atomic mass is 79.9. The predicted octanol–water partition coefficient (Wildman–Crippen LogP) is 5.53. The van der Waals surface area contributed by atoms with Crippen LogP contribution in [0.1, 0.15) is 11.1 Å². The number of halogens is 1. The lowest BCUT2D eigenvalue weighted by Gasteiger charge is -2.13. The molecule has 0 saturated carbocycles. The first-order valence-corrected chi connectivity index (χ1v) is 7.44. The van der Waals surface area contributed by atoms with Crippen LogP contribution in [0, 0.1) is 18.3 Å². The molecular formula is C18H13BrN2. The van der Waals surface area contributed by atoms with Crippen LogP contribution in [-0.2, 0) is 0 Å². The molecule has 0 aromatic heterocycles. The standard InChI is InChI=1S/C18H13BrN2/c1-12-16(19)7-4-8-17(12)21-18-10-9-13(11-20)14-5-2-3-6-15(14)18/h2-10,21H,1H3. The van der Waals surface area contributed by atoms with Crippen molar-refractivity contribution in [2.75, 3.05) is 5.32 Å². The third kappa shape index (κ3) is 2.51. The molecule has 0 bridgehead atoms. The zero-order valence-corrected chi connectivity index (χ0v) is 13.1. The number of nitriles is 1. The van der Waals surface area contributed by atoms with E-state index in [-0.39, 0.29) is 0 Å². The summed E-state index contributed by atoms with van der Waals surface area (Å²) in [6, 6.07) is 20.1. The van der Waals surface area contributed by atoms with Gasteiger partial charge in [-0.05, 0) is 36.8 Å². The third-order valence-electron chi connectivity index (χ3n) is 3.58. The first-order chi connectivity index (χ1) is 10.2. The maximum Gasteiger partial charge on any atom is 0.0998 e. The molecule has 0 heterocycles. The van der Waals surface area contributed by atoms with E-state index in [9.17, 15) is 5.26 Å². The summed E-state index contributed by atoms with van der Waals surface area (Å²) in [5.41, 5.74) is 3.91. The fourth-order valence-corrected chi connectivity index (χ4v) is 2.76. The summed E-state index contributed by atoms with van der Waals surface area (Å²) < 4.78 is 1.07. The van der Waals surface area contributed by atoms with Crippen molar-refractivity contribution in [3.8, 4) is 6.07 Å². The van der Waals surface area contributed by atoms with E-state index in [1.807, 2.05) is 54.6 Å². The van der Waals surface area contributed by atoms with E-state index in [0.29, 0.717) is 5.56 Å². The Morgan fingerprint density at radius 3 is 2.43 bits per heavy atom. The molecule has 3 aromatic carbocycles. The van der Waals surface area contributed by atoms with Gasteiger partial charge in [-0.15, -0.1) is 0 Å². The Morgan fingerprint density at radius 2 is 1.67 bits per heavy atom. The molecule has 21 heavy (non-hydrogen) atoms. The Balaban J connectivity index is 2.14. The van der Waals surface area contributed by atoms with Crippen molar-refractivity contribution in [2.45, 2.75) is 6.92 Å². The second-order valence-electron chi connectivity index (χ2n) is 4.86. The lowest BCUT2D eigenvalue weighted by molar-refractivity contribution is 1.40. The molecule has 3 rings (SSSR count). The van der Waals surface area contributed by atoms with Crippen molar-refractivity contribution < 1.29 is 0 Å². The highest BCUT2D eigenvalue weighted by Gasteiger charge is 2.07. The van der Waals surface area contributed by atoms with Crippen molar-refractivity contribution in [3.63, 3.8) is 0 Å². The van der Waals surface area contributed by atoms with Crippen LogP contribution < -0.4 is 5.32 Å². The SMILES string of the molecule is Cc1c(Br)cccc1Nc1ccc(C#N)c2ccccc12.